The van der Waals surface area contributed by atoms with E-state index < -0.39 is 0 Å². The van der Waals surface area contributed by atoms with Crippen molar-refractivity contribution in [1.29, 1.82) is 0 Å². The SMILES string of the molecule is CCCCCCOc1ccc(Br)cc1C(=O)NC(=S)Nc1cccc(C(=O)Nc2ccccc2)c1. The molecule has 0 atom stereocenters. The predicted octanol–water partition coefficient (Wildman–Crippen LogP) is 6.79. The van der Waals surface area contributed by atoms with Crippen molar-refractivity contribution in [2.24, 2.45) is 0 Å². The molecule has 0 fully saturated rings. The van der Waals surface area contributed by atoms with Gasteiger partial charge in [0.15, 0.2) is 5.11 Å². The number of para-hydroxylation sites is 1. The number of unbranched alkanes of at least 4 members (excludes halogenated alkanes) is 3. The van der Waals surface area contributed by atoms with Gasteiger partial charge in [-0.25, -0.2) is 0 Å². The van der Waals surface area contributed by atoms with E-state index in [-0.39, 0.29) is 16.9 Å². The molecule has 182 valence electrons. The molecule has 0 aliphatic heterocycles. The third-order valence-corrected chi connectivity index (χ3v) is 5.78. The van der Waals surface area contributed by atoms with Gasteiger partial charge in [-0.05, 0) is 67.2 Å². The monoisotopic (exact) mass is 553 g/mol. The Balaban J connectivity index is 1.60. The van der Waals surface area contributed by atoms with Gasteiger partial charge in [0.1, 0.15) is 5.75 Å². The maximum Gasteiger partial charge on any atom is 0.261 e. The van der Waals surface area contributed by atoms with E-state index in [1.165, 1.54) is 0 Å². The van der Waals surface area contributed by atoms with E-state index in [1.807, 2.05) is 36.4 Å². The van der Waals surface area contributed by atoms with Crippen molar-refractivity contribution in [2.45, 2.75) is 32.6 Å². The molecule has 3 N–H and O–H groups in total. The predicted molar refractivity (Wildman–Crippen MR) is 148 cm³/mol. The highest BCUT2D eigenvalue weighted by atomic mass is 79.9. The fraction of sp³-hybridized carbons (Fsp3) is 0.222. The van der Waals surface area contributed by atoms with Crippen LogP contribution in [0.25, 0.3) is 0 Å². The summed E-state index contributed by atoms with van der Waals surface area (Å²) in [4.78, 5) is 25.5. The van der Waals surface area contributed by atoms with Crippen LogP contribution in [-0.4, -0.2) is 23.5 Å². The first kappa shape index (κ1) is 26.4. The zero-order valence-electron chi connectivity index (χ0n) is 19.5. The molecule has 3 rings (SSSR count). The second-order valence-corrected chi connectivity index (χ2v) is 9.18. The Bertz CT molecular complexity index is 1170. The summed E-state index contributed by atoms with van der Waals surface area (Å²) >= 11 is 8.75. The molecule has 6 nitrogen and oxygen atoms in total. The second-order valence-electron chi connectivity index (χ2n) is 7.86. The molecule has 0 aliphatic carbocycles. The summed E-state index contributed by atoms with van der Waals surface area (Å²) in [6, 6.07) is 21.4. The molecule has 3 aromatic rings. The van der Waals surface area contributed by atoms with Gasteiger partial charge in [0.25, 0.3) is 11.8 Å². The number of carbonyl (C=O) groups excluding carboxylic acids is 2. The van der Waals surface area contributed by atoms with Gasteiger partial charge in [-0.2, -0.15) is 0 Å². The van der Waals surface area contributed by atoms with Crippen molar-refractivity contribution in [1.82, 2.24) is 5.32 Å². The summed E-state index contributed by atoms with van der Waals surface area (Å²) in [5.74, 6) is -0.125. The van der Waals surface area contributed by atoms with Crippen molar-refractivity contribution in [3.63, 3.8) is 0 Å². The summed E-state index contributed by atoms with van der Waals surface area (Å²) in [5.41, 5.74) is 2.13. The number of ether oxygens (including phenoxy) is 1. The number of benzene rings is 3. The average molecular weight is 555 g/mol. The van der Waals surface area contributed by atoms with Crippen LogP contribution in [0.4, 0.5) is 11.4 Å². The largest absolute Gasteiger partial charge is 0.493 e. The first-order chi connectivity index (χ1) is 17.0. The van der Waals surface area contributed by atoms with E-state index in [0.717, 1.165) is 30.2 Å². The Hall–Kier alpha value is -3.23. The third kappa shape index (κ3) is 8.49. The first-order valence-electron chi connectivity index (χ1n) is 11.5. The number of nitrogens with one attached hydrogen (secondary N) is 3. The van der Waals surface area contributed by atoms with E-state index in [1.54, 1.807) is 36.4 Å². The van der Waals surface area contributed by atoms with E-state index in [4.69, 9.17) is 17.0 Å². The molecular weight excluding hydrogens is 526 g/mol. The highest BCUT2D eigenvalue weighted by Crippen LogP contribution is 2.24. The zero-order valence-corrected chi connectivity index (χ0v) is 21.9. The van der Waals surface area contributed by atoms with Gasteiger partial charge >= 0.3 is 0 Å². The van der Waals surface area contributed by atoms with Crippen LogP contribution in [0, 0.1) is 0 Å². The quantitative estimate of drug-likeness (QED) is 0.190. The highest BCUT2D eigenvalue weighted by molar-refractivity contribution is 9.10. The smallest absolute Gasteiger partial charge is 0.261 e. The van der Waals surface area contributed by atoms with E-state index >= 15 is 0 Å². The minimum absolute atomic E-state index is 0.115. The van der Waals surface area contributed by atoms with E-state index in [9.17, 15) is 9.59 Å². The van der Waals surface area contributed by atoms with Crippen LogP contribution in [0.15, 0.2) is 77.3 Å². The summed E-state index contributed by atoms with van der Waals surface area (Å²) in [6.07, 6.45) is 4.33. The van der Waals surface area contributed by atoms with Crippen molar-refractivity contribution in [3.8, 4) is 5.75 Å². The molecule has 2 amide bonds. The van der Waals surface area contributed by atoms with Crippen molar-refractivity contribution >= 4 is 56.4 Å². The summed E-state index contributed by atoms with van der Waals surface area (Å²) in [5, 5.41) is 8.62. The lowest BCUT2D eigenvalue weighted by molar-refractivity contribution is 0.0972. The summed E-state index contributed by atoms with van der Waals surface area (Å²) in [7, 11) is 0. The van der Waals surface area contributed by atoms with E-state index in [2.05, 4.69) is 38.8 Å². The molecule has 0 radical (unpaired) electrons. The summed E-state index contributed by atoms with van der Waals surface area (Å²) in [6.45, 7) is 2.70. The van der Waals surface area contributed by atoms with Crippen molar-refractivity contribution < 1.29 is 14.3 Å². The van der Waals surface area contributed by atoms with Gasteiger partial charge in [0.2, 0.25) is 0 Å². The fourth-order valence-electron chi connectivity index (χ4n) is 3.31. The number of carbonyl (C=O) groups is 2. The van der Waals surface area contributed by atoms with Crippen molar-refractivity contribution in [3.05, 3.63) is 88.4 Å². The van der Waals surface area contributed by atoms with Crippen LogP contribution in [0.3, 0.4) is 0 Å². The minimum atomic E-state index is -0.384. The normalized spacial score (nSPS) is 10.3. The van der Waals surface area contributed by atoms with Gasteiger partial charge < -0.3 is 15.4 Å². The Labute approximate surface area is 219 Å². The third-order valence-electron chi connectivity index (χ3n) is 5.08. The van der Waals surface area contributed by atoms with Crippen LogP contribution >= 0.6 is 28.1 Å². The van der Waals surface area contributed by atoms with Crippen LogP contribution in [-0.2, 0) is 0 Å². The summed E-state index contributed by atoms with van der Waals surface area (Å²) < 4.78 is 6.62. The molecular formula is C27H28BrN3O3S. The lowest BCUT2D eigenvalue weighted by atomic mass is 10.1. The maximum atomic E-state index is 12.9. The molecule has 0 heterocycles. The first-order valence-corrected chi connectivity index (χ1v) is 12.7. The van der Waals surface area contributed by atoms with Crippen LogP contribution in [0.2, 0.25) is 0 Å². The van der Waals surface area contributed by atoms with E-state index in [0.29, 0.717) is 34.9 Å². The molecule has 0 saturated carbocycles. The number of halogens is 1. The Morgan fingerprint density at radius 1 is 0.857 bits per heavy atom. The standard InChI is InChI=1S/C27H28BrN3O3S/c1-2-3-4-8-16-34-24-15-14-20(28)18-23(24)26(33)31-27(35)30-22-13-9-10-19(17-22)25(32)29-21-11-6-5-7-12-21/h5-7,9-15,17-18H,2-4,8,16H2,1H3,(H,29,32)(H2,30,31,33,35). The number of thiocarbonyl (C=S) groups is 1. The maximum absolute atomic E-state index is 12.9. The second kappa shape index (κ2) is 13.6. The van der Waals surface area contributed by atoms with Crippen molar-refractivity contribution in [2.75, 3.05) is 17.2 Å². The van der Waals surface area contributed by atoms with Gasteiger partial charge in [-0.1, -0.05) is 66.4 Å². The molecule has 0 aliphatic rings. The molecule has 8 heteroatoms. The minimum Gasteiger partial charge on any atom is -0.493 e. The Morgan fingerprint density at radius 3 is 2.40 bits per heavy atom. The number of hydrogen-bond acceptors (Lipinski definition) is 4. The molecule has 0 spiro atoms. The number of anilines is 2. The molecule has 35 heavy (non-hydrogen) atoms. The number of rotatable bonds is 10. The lowest BCUT2D eigenvalue weighted by Gasteiger charge is -2.14. The lowest BCUT2D eigenvalue weighted by Crippen LogP contribution is -2.34. The molecule has 3 aromatic carbocycles. The van der Waals surface area contributed by atoms with Gasteiger partial charge in [0, 0.05) is 21.4 Å². The van der Waals surface area contributed by atoms with Crippen LogP contribution in [0.5, 0.6) is 5.75 Å². The van der Waals surface area contributed by atoms with Crippen LogP contribution < -0.4 is 20.7 Å². The Morgan fingerprint density at radius 2 is 1.63 bits per heavy atom. The molecule has 0 bridgehead atoms. The Kier molecular flexibility index (Phi) is 10.3. The topological polar surface area (TPSA) is 79.5 Å². The average Bonchev–Trinajstić information content (AvgIpc) is 2.85. The van der Waals surface area contributed by atoms with Crippen LogP contribution in [0.1, 0.15) is 53.3 Å². The van der Waals surface area contributed by atoms with Gasteiger partial charge in [-0.3, -0.25) is 14.9 Å². The molecule has 0 aromatic heterocycles. The highest BCUT2D eigenvalue weighted by Gasteiger charge is 2.15. The molecule has 0 unspecified atom stereocenters. The molecule has 0 saturated heterocycles. The zero-order chi connectivity index (χ0) is 25.0. The van der Waals surface area contributed by atoms with Gasteiger partial charge in [-0.15, -0.1) is 0 Å². The number of hydrogen-bond donors (Lipinski definition) is 3. The fourth-order valence-corrected chi connectivity index (χ4v) is 3.88. The van der Waals surface area contributed by atoms with Gasteiger partial charge in [0.05, 0.1) is 12.2 Å². The number of amides is 2.